The van der Waals surface area contributed by atoms with Gasteiger partial charge in [-0.15, -0.1) is 17.9 Å². The van der Waals surface area contributed by atoms with Crippen LogP contribution >= 0.6 is 23.6 Å². The summed E-state index contributed by atoms with van der Waals surface area (Å²) in [5.74, 6) is -0.279. The lowest BCUT2D eigenvalue weighted by Crippen LogP contribution is -2.29. The molecule has 1 aliphatic heterocycles. The predicted octanol–water partition coefficient (Wildman–Crippen LogP) is 2.39. The summed E-state index contributed by atoms with van der Waals surface area (Å²) in [6.07, 6.45) is 2.58. The molecule has 1 aromatic heterocycles. The molecule has 0 unspecified atom stereocenters. The fourth-order valence-electron chi connectivity index (χ4n) is 2.35. The number of anilines is 1. The first-order valence-corrected chi connectivity index (χ1v) is 8.45. The van der Waals surface area contributed by atoms with Gasteiger partial charge in [0.1, 0.15) is 5.00 Å². The molecule has 0 atom stereocenters. The van der Waals surface area contributed by atoms with Gasteiger partial charge in [-0.25, -0.2) is 4.79 Å². The van der Waals surface area contributed by atoms with Crippen molar-refractivity contribution >= 4 is 39.6 Å². The standard InChI is InChI=1S/C15H21N3O2S2/c1-4-7-16-15(21)17-13-12(14(19)20-5-2)10-6-8-18(3)9-11(10)22-13/h4H,1,5-9H2,2-3H3,(H2,16,17,21). The van der Waals surface area contributed by atoms with E-state index in [4.69, 9.17) is 17.0 Å². The Labute approximate surface area is 140 Å². The van der Waals surface area contributed by atoms with Gasteiger partial charge in [-0.1, -0.05) is 6.08 Å². The Morgan fingerprint density at radius 1 is 1.59 bits per heavy atom. The number of rotatable bonds is 5. The van der Waals surface area contributed by atoms with Gasteiger partial charge in [0, 0.05) is 24.5 Å². The molecular formula is C15H21N3O2S2. The summed E-state index contributed by atoms with van der Waals surface area (Å²) in [5, 5.41) is 7.39. The molecule has 0 saturated heterocycles. The molecule has 2 heterocycles. The van der Waals surface area contributed by atoms with E-state index in [2.05, 4.69) is 29.2 Å². The number of nitrogens with one attached hydrogen (secondary N) is 2. The molecule has 1 aliphatic rings. The number of carbonyl (C=O) groups is 1. The number of nitrogens with zero attached hydrogens (tertiary/aromatic N) is 1. The third-order valence-electron chi connectivity index (χ3n) is 3.36. The zero-order valence-corrected chi connectivity index (χ0v) is 14.5. The average Bonchev–Trinajstić information content (AvgIpc) is 2.82. The number of hydrogen-bond acceptors (Lipinski definition) is 5. The van der Waals surface area contributed by atoms with Crippen LogP contribution in [0.2, 0.25) is 0 Å². The van der Waals surface area contributed by atoms with Gasteiger partial charge in [0.25, 0.3) is 0 Å². The first-order chi connectivity index (χ1) is 10.6. The van der Waals surface area contributed by atoms with Crippen LogP contribution in [-0.2, 0) is 17.7 Å². The number of carbonyl (C=O) groups excluding carboxylic acids is 1. The van der Waals surface area contributed by atoms with Crippen molar-refractivity contribution in [3.63, 3.8) is 0 Å². The molecule has 2 rings (SSSR count). The fraction of sp³-hybridized carbons (Fsp3) is 0.467. The van der Waals surface area contributed by atoms with Crippen LogP contribution in [0.5, 0.6) is 0 Å². The van der Waals surface area contributed by atoms with Crippen molar-refractivity contribution in [3.8, 4) is 0 Å². The van der Waals surface area contributed by atoms with Crippen molar-refractivity contribution in [1.82, 2.24) is 10.2 Å². The Hall–Kier alpha value is -1.44. The topological polar surface area (TPSA) is 53.6 Å². The summed E-state index contributed by atoms with van der Waals surface area (Å²) >= 11 is 6.82. The SMILES string of the molecule is C=CCNC(=S)Nc1sc2c(c1C(=O)OCC)CCN(C)C2. The molecule has 0 aliphatic carbocycles. The minimum absolute atomic E-state index is 0.279. The number of ether oxygens (including phenoxy) is 1. The number of fused-ring (bicyclic) bond motifs is 1. The summed E-state index contributed by atoms with van der Waals surface area (Å²) < 4.78 is 5.22. The monoisotopic (exact) mass is 339 g/mol. The van der Waals surface area contributed by atoms with Gasteiger partial charge in [0.2, 0.25) is 0 Å². The highest BCUT2D eigenvalue weighted by Gasteiger charge is 2.28. The maximum Gasteiger partial charge on any atom is 0.341 e. The lowest BCUT2D eigenvalue weighted by atomic mass is 10.0. The van der Waals surface area contributed by atoms with Crippen molar-refractivity contribution in [3.05, 3.63) is 28.7 Å². The summed E-state index contributed by atoms with van der Waals surface area (Å²) in [4.78, 5) is 15.8. The van der Waals surface area contributed by atoms with Gasteiger partial charge >= 0.3 is 5.97 Å². The second kappa shape index (κ2) is 7.71. The predicted molar refractivity (Wildman–Crippen MR) is 94.7 cm³/mol. The Bertz CT molecular complexity index is 584. The summed E-state index contributed by atoms with van der Waals surface area (Å²) in [5.41, 5.74) is 1.73. The van der Waals surface area contributed by atoms with Crippen LogP contribution < -0.4 is 10.6 Å². The van der Waals surface area contributed by atoms with Gasteiger partial charge in [-0.3, -0.25) is 0 Å². The van der Waals surface area contributed by atoms with Crippen LogP contribution in [0.1, 0.15) is 27.7 Å². The Kier molecular flexibility index (Phi) is 5.93. The molecule has 22 heavy (non-hydrogen) atoms. The van der Waals surface area contributed by atoms with E-state index in [1.54, 1.807) is 17.4 Å². The van der Waals surface area contributed by atoms with Crippen LogP contribution in [0, 0.1) is 0 Å². The van der Waals surface area contributed by atoms with Gasteiger partial charge < -0.3 is 20.3 Å². The molecule has 5 nitrogen and oxygen atoms in total. The molecule has 0 fully saturated rings. The Balaban J connectivity index is 2.29. The van der Waals surface area contributed by atoms with Gasteiger partial charge in [0.15, 0.2) is 5.11 Å². The number of thiocarbonyl (C=S) groups is 1. The van der Waals surface area contributed by atoms with Crippen molar-refractivity contribution in [2.75, 3.05) is 32.1 Å². The quantitative estimate of drug-likeness (QED) is 0.488. The summed E-state index contributed by atoms with van der Waals surface area (Å²) in [6, 6.07) is 0. The zero-order chi connectivity index (χ0) is 16.1. The Morgan fingerprint density at radius 3 is 3.05 bits per heavy atom. The highest BCUT2D eigenvalue weighted by Crippen LogP contribution is 2.37. The molecule has 120 valence electrons. The van der Waals surface area contributed by atoms with Crippen molar-refractivity contribution in [2.45, 2.75) is 19.9 Å². The van der Waals surface area contributed by atoms with Crippen molar-refractivity contribution in [2.24, 2.45) is 0 Å². The summed E-state index contributed by atoms with van der Waals surface area (Å²) in [7, 11) is 2.08. The lowest BCUT2D eigenvalue weighted by Gasteiger charge is -2.22. The van der Waals surface area contributed by atoms with Crippen LogP contribution in [-0.4, -0.2) is 42.7 Å². The van der Waals surface area contributed by atoms with E-state index in [-0.39, 0.29) is 5.97 Å². The van der Waals surface area contributed by atoms with Crippen molar-refractivity contribution < 1.29 is 9.53 Å². The van der Waals surface area contributed by atoms with E-state index in [9.17, 15) is 4.79 Å². The van der Waals surface area contributed by atoms with E-state index in [0.29, 0.717) is 23.8 Å². The molecule has 0 radical (unpaired) electrons. The number of esters is 1. The molecular weight excluding hydrogens is 318 g/mol. The normalized spacial score (nSPS) is 14.1. The van der Waals surface area contributed by atoms with Gasteiger partial charge in [-0.05, 0) is 38.2 Å². The number of thiophene rings is 1. The smallest absolute Gasteiger partial charge is 0.341 e. The highest BCUT2D eigenvalue weighted by atomic mass is 32.1. The van der Waals surface area contributed by atoms with Crippen LogP contribution in [0.4, 0.5) is 5.00 Å². The molecule has 0 aromatic carbocycles. The van der Waals surface area contributed by atoms with Crippen LogP contribution in [0.25, 0.3) is 0 Å². The molecule has 0 saturated carbocycles. The molecule has 0 amide bonds. The highest BCUT2D eigenvalue weighted by molar-refractivity contribution is 7.80. The molecule has 0 spiro atoms. The largest absolute Gasteiger partial charge is 0.462 e. The van der Waals surface area contributed by atoms with E-state index in [1.807, 2.05) is 6.92 Å². The van der Waals surface area contributed by atoms with Crippen molar-refractivity contribution in [1.29, 1.82) is 0 Å². The molecule has 2 N–H and O–H groups in total. The fourth-order valence-corrected chi connectivity index (χ4v) is 3.92. The first kappa shape index (κ1) is 16.9. The number of likely N-dealkylation sites (N-methyl/N-ethyl adjacent to an activating group) is 1. The molecule has 0 bridgehead atoms. The summed E-state index contributed by atoms with van der Waals surface area (Å²) in [6.45, 7) is 8.19. The third-order valence-corrected chi connectivity index (χ3v) is 4.74. The van der Waals surface area contributed by atoms with Gasteiger partial charge in [0.05, 0.1) is 12.2 Å². The Morgan fingerprint density at radius 2 is 2.36 bits per heavy atom. The molecule has 7 heteroatoms. The second-order valence-corrected chi connectivity index (χ2v) is 6.55. The lowest BCUT2D eigenvalue weighted by molar-refractivity contribution is 0.0526. The second-order valence-electron chi connectivity index (χ2n) is 5.04. The third kappa shape index (κ3) is 3.85. The average molecular weight is 339 g/mol. The van der Waals surface area contributed by atoms with E-state index in [0.717, 1.165) is 30.1 Å². The van der Waals surface area contributed by atoms with Crippen LogP contribution in [0.3, 0.4) is 0 Å². The van der Waals surface area contributed by atoms with Gasteiger partial charge in [-0.2, -0.15) is 0 Å². The minimum Gasteiger partial charge on any atom is -0.462 e. The minimum atomic E-state index is -0.279. The van der Waals surface area contributed by atoms with E-state index < -0.39 is 0 Å². The van der Waals surface area contributed by atoms with E-state index >= 15 is 0 Å². The first-order valence-electron chi connectivity index (χ1n) is 7.22. The maximum atomic E-state index is 12.3. The number of hydrogen-bond donors (Lipinski definition) is 2. The zero-order valence-electron chi connectivity index (χ0n) is 12.9. The molecule has 1 aromatic rings. The van der Waals surface area contributed by atoms with Crippen LogP contribution in [0.15, 0.2) is 12.7 Å². The maximum absolute atomic E-state index is 12.3. The van der Waals surface area contributed by atoms with E-state index in [1.165, 1.54) is 4.88 Å².